The molecule has 0 unspecified atom stereocenters. The third-order valence-corrected chi connectivity index (χ3v) is 4.27. The fourth-order valence-electron chi connectivity index (χ4n) is 2.84. The van der Waals surface area contributed by atoms with Crippen molar-refractivity contribution in [3.63, 3.8) is 0 Å². The molecule has 4 nitrogen and oxygen atoms in total. The lowest BCUT2D eigenvalue weighted by molar-refractivity contribution is 0.0944. The molecule has 2 aliphatic rings. The molecule has 102 valence electrons. The van der Waals surface area contributed by atoms with E-state index in [4.69, 9.17) is 5.73 Å². The summed E-state index contributed by atoms with van der Waals surface area (Å²) < 4.78 is 0. The van der Waals surface area contributed by atoms with Crippen LogP contribution < -0.4 is 11.1 Å². The van der Waals surface area contributed by atoms with E-state index in [9.17, 15) is 4.79 Å². The van der Waals surface area contributed by atoms with Crippen molar-refractivity contribution in [3.05, 3.63) is 23.5 Å². The Hall–Kier alpha value is -1.58. The van der Waals surface area contributed by atoms with E-state index in [-0.39, 0.29) is 5.91 Å². The number of nitrogens with one attached hydrogen (secondary N) is 1. The normalized spacial score (nSPS) is 18.6. The number of carbonyl (C=O) groups excluding carboxylic acids is 1. The number of nitrogens with two attached hydrogens (primary N) is 1. The second-order valence-electron chi connectivity index (χ2n) is 5.96. The average molecular weight is 259 g/mol. The summed E-state index contributed by atoms with van der Waals surface area (Å²) in [6.07, 6.45) is 6.93. The van der Waals surface area contributed by atoms with Crippen LogP contribution in [0.1, 0.15) is 41.7 Å². The van der Waals surface area contributed by atoms with E-state index in [1.165, 1.54) is 25.7 Å². The summed E-state index contributed by atoms with van der Waals surface area (Å²) in [5, 5.41) is 3.04. The Balaban J connectivity index is 1.61. The predicted molar refractivity (Wildman–Crippen MR) is 74.7 cm³/mol. The molecule has 1 amide bonds. The van der Waals surface area contributed by atoms with Crippen LogP contribution in [0.3, 0.4) is 0 Å². The summed E-state index contributed by atoms with van der Waals surface area (Å²) in [5.41, 5.74) is 7.72. The number of rotatable bonds is 5. The minimum Gasteiger partial charge on any atom is -0.398 e. The van der Waals surface area contributed by atoms with Gasteiger partial charge >= 0.3 is 0 Å². The first-order valence-corrected chi connectivity index (χ1v) is 7.15. The van der Waals surface area contributed by atoms with Gasteiger partial charge in [0.05, 0.1) is 5.56 Å². The van der Waals surface area contributed by atoms with Gasteiger partial charge in [-0.15, -0.1) is 0 Å². The van der Waals surface area contributed by atoms with Gasteiger partial charge in [-0.25, -0.2) is 0 Å². The standard InChI is InChI=1S/C15H21N3O/c1-9-6-14(16)13(8-17-9)15(19)18-7-12(10-2-3-10)11-4-5-11/h6,8,10-12H,2-5,7H2,1H3,(H2,16,17)(H,18,19). The molecule has 2 aliphatic carbocycles. The zero-order valence-electron chi connectivity index (χ0n) is 11.4. The van der Waals surface area contributed by atoms with E-state index in [1.807, 2.05) is 6.92 Å². The molecular weight excluding hydrogens is 238 g/mol. The molecule has 0 aliphatic heterocycles. The molecule has 4 heteroatoms. The van der Waals surface area contributed by atoms with Gasteiger partial charge in [-0.05, 0) is 56.4 Å². The van der Waals surface area contributed by atoms with Gasteiger partial charge in [0, 0.05) is 24.1 Å². The van der Waals surface area contributed by atoms with Crippen LogP contribution >= 0.6 is 0 Å². The maximum Gasteiger partial charge on any atom is 0.254 e. The van der Waals surface area contributed by atoms with Gasteiger partial charge < -0.3 is 11.1 Å². The van der Waals surface area contributed by atoms with E-state index in [2.05, 4.69) is 10.3 Å². The van der Waals surface area contributed by atoms with E-state index in [0.717, 1.165) is 24.1 Å². The van der Waals surface area contributed by atoms with Gasteiger partial charge in [-0.3, -0.25) is 9.78 Å². The van der Waals surface area contributed by atoms with Crippen molar-refractivity contribution in [3.8, 4) is 0 Å². The minimum absolute atomic E-state index is 0.0868. The maximum absolute atomic E-state index is 12.1. The van der Waals surface area contributed by atoms with Crippen LogP contribution in [0.2, 0.25) is 0 Å². The lowest BCUT2D eigenvalue weighted by Gasteiger charge is -2.16. The fraction of sp³-hybridized carbons (Fsp3) is 0.600. The Kier molecular flexibility index (Phi) is 3.17. The Morgan fingerprint density at radius 1 is 1.42 bits per heavy atom. The van der Waals surface area contributed by atoms with Crippen LogP contribution in [0.4, 0.5) is 5.69 Å². The zero-order valence-corrected chi connectivity index (χ0v) is 11.4. The number of aromatic nitrogens is 1. The maximum atomic E-state index is 12.1. The number of hydrogen-bond donors (Lipinski definition) is 2. The number of aryl methyl sites for hydroxylation is 1. The number of carbonyl (C=O) groups is 1. The quantitative estimate of drug-likeness (QED) is 0.851. The highest BCUT2D eigenvalue weighted by atomic mass is 16.1. The lowest BCUT2D eigenvalue weighted by atomic mass is 9.98. The molecule has 3 N–H and O–H groups in total. The predicted octanol–water partition coefficient (Wildman–Crippen LogP) is 2.14. The molecule has 3 rings (SSSR count). The van der Waals surface area contributed by atoms with Crippen molar-refractivity contribution < 1.29 is 4.79 Å². The number of pyridine rings is 1. The van der Waals surface area contributed by atoms with Gasteiger partial charge in [0.15, 0.2) is 0 Å². The largest absolute Gasteiger partial charge is 0.398 e. The highest BCUT2D eigenvalue weighted by Crippen LogP contribution is 2.48. The molecule has 0 atom stereocenters. The van der Waals surface area contributed by atoms with Gasteiger partial charge in [0.2, 0.25) is 0 Å². The first kappa shape index (κ1) is 12.5. The third kappa shape index (κ3) is 2.88. The SMILES string of the molecule is Cc1cc(N)c(C(=O)NCC(C2CC2)C2CC2)cn1. The Morgan fingerprint density at radius 3 is 2.58 bits per heavy atom. The van der Waals surface area contributed by atoms with Crippen LogP contribution in [0, 0.1) is 24.7 Å². The molecule has 1 aromatic rings. The molecule has 0 radical (unpaired) electrons. The molecule has 0 aromatic carbocycles. The summed E-state index contributed by atoms with van der Waals surface area (Å²) in [6, 6.07) is 1.74. The Labute approximate surface area is 113 Å². The van der Waals surface area contributed by atoms with Crippen LogP contribution in [0.15, 0.2) is 12.3 Å². The van der Waals surface area contributed by atoms with E-state index >= 15 is 0 Å². The Bertz CT molecular complexity index is 480. The molecule has 1 aromatic heterocycles. The van der Waals surface area contributed by atoms with Crippen molar-refractivity contribution in [1.82, 2.24) is 10.3 Å². The second-order valence-corrected chi connectivity index (χ2v) is 5.96. The molecular formula is C15H21N3O. The van der Waals surface area contributed by atoms with Gasteiger partial charge in [0.25, 0.3) is 5.91 Å². The Morgan fingerprint density at radius 2 is 2.05 bits per heavy atom. The summed E-state index contributed by atoms with van der Waals surface area (Å²) in [6.45, 7) is 2.66. The topological polar surface area (TPSA) is 68.0 Å². The third-order valence-electron chi connectivity index (χ3n) is 4.27. The van der Waals surface area contributed by atoms with Crippen molar-refractivity contribution >= 4 is 11.6 Å². The number of amides is 1. The average Bonchev–Trinajstić information content (AvgIpc) is 3.23. The fourth-order valence-corrected chi connectivity index (χ4v) is 2.84. The van der Waals surface area contributed by atoms with Crippen LogP contribution in [0.5, 0.6) is 0 Å². The molecule has 2 saturated carbocycles. The van der Waals surface area contributed by atoms with Gasteiger partial charge in [-0.1, -0.05) is 0 Å². The van der Waals surface area contributed by atoms with Gasteiger partial charge in [0.1, 0.15) is 0 Å². The summed E-state index contributed by atoms with van der Waals surface area (Å²) >= 11 is 0. The van der Waals surface area contributed by atoms with Crippen molar-refractivity contribution in [2.24, 2.45) is 17.8 Å². The molecule has 19 heavy (non-hydrogen) atoms. The van der Waals surface area contributed by atoms with E-state index < -0.39 is 0 Å². The molecule has 1 heterocycles. The molecule has 0 saturated heterocycles. The highest BCUT2D eigenvalue weighted by molar-refractivity contribution is 5.98. The van der Waals surface area contributed by atoms with Crippen molar-refractivity contribution in [2.75, 3.05) is 12.3 Å². The first-order chi connectivity index (χ1) is 9.15. The monoisotopic (exact) mass is 259 g/mol. The zero-order chi connectivity index (χ0) is 13.4. The van der Waals surface area contributed by atoms with Crippen molar-refractivity contribution in [1.29, 1.82) is 0 Å². The molecule has 0 bridgehead atoms. The highest BCUT2D eigenvalue weighted by Gasteiger charge is 2.41. The summed E-state index contributed by atoms with van der Waals surface area (Å²) in [4.78, 5) is 16.3. The minimum atomic E-state index is -0.0868. The van der Waals surface area contributed by atoms with Crippen LogP contribution in [-0.4, -0.2) is 17.4 Å². The van der Waals surface area contributed by atoms with Gasteiger partial charge in [-0.2, -0.15) is 0 Å². The van der Waals surface area contributed by atoms with E-state index in [1.54, 1.807) is 12.3 Å². The number of anilines is 1. The first-order valence-electron chi connectivity index (χ1n) is 7.15. The van der Waals surface area contributed by atoms with E-state index in [0.29, 0.717) is 17.2 Å². The van der Waals surface area contributed by atoms with Crippen LogP contribution in [-0.2, 0) is 0 Å². The summed E-state index contributed by atoms with van der Waals surface area (Å²) in [5.74, 6) is 2.29. The number of nitrogens with zero attached hydrogens (tertiary/aromatic N) is 1. The smallest absolute Gasteiger partial charge is 0.254 e. The molecule has 2 fully saturated rings. The number of nitrogen functional groups attached to an aromatic ring is 1. The summed E-state index contributed by atoms with van der Waals surface area (Å²) in [7, 11) is 0. The number of hydrogen-bond acceptors (Lipinski definition) is 3. The second kappa shape index (κ2) is 4.83. The molecule has 0 spiro atoms. The van der Waals surface area contributed by atoms with Crippen molar-refractivity contribution in [2.45, 2.75) is 32.6 Å². The van der Waals surface area contributed by atoms with Crippen LogP contribution in [0.25, 0.3) is 0 Å². The lowest BCUT2D eigenvalue weighted by Crippen LogP contribution is -2.31.